The zero-order valence-electron chi connectivity index (χ0n) is 11.1. The molecule has 100 valence electrons. The molecule has 19 heavy (non-hydrogen) atoms. The summed E-state index contributed by atoms with van der Waals surface area (Å²) in [4.78, 5) is 14.7. The quantitative estimate of drug-likeness (QED) is 0.758. The van der Waals surface area contributed by atoms with Crippen LogP contribution in [0.15, 0.2) is 42.7 Å². The van der Waals surface area contributed by atoms with Gasteiger partial charge in [-0.1, -0.05) is 31.2 Å². The van der Waals surface area contributed by atoms with Gasteiger partial charge in [-0.25, -0.2) is 4.79 Å². The number of nitrogens with one attached hydrogen (secondary N) is 3. The predicted molar refractivity (Wildman–Crippen MR) is 78.0 cm³/mol. The van der Waals surface area contributed by atoms with Gasteiger partial charge in [-0.3, -0.25) is 0 Å². The SMILES string of the molecule is CC/C=C/NC(=O)NCCc1c[nH]c2ccccc12. The molecule has 0 unspecified atom stereocenters. The summed E-state index contributed by atoms with van der Waals surface area (Å²) >= 11 is 0. The average molecular weight is 257 g/mol. The number of para-hydroxylation sites is 1. The van der Waals surface area contributed by atoms with Crippen LogP contribution in [0.5, 0.6) is 0 Å². The van der Waals surface area contributed by atoms with Crippen molar-refractivity contribution < 1.29 is 4.79 Å². The van der Waals surface area contributed by atoms with Gasteiger partial charge in [-0.2, -0.15) is 0 Å². The first kappa shape index (κ1) is 13.2. The highest BCUT2D eigenvalue weighted by Gasteiger charge is 2.03. The van der Waals surface area contributed by atoms with Crippen LogP contribution in [0, 0.1) is 0 Å². The highest BCUT2D eigenvalue weighted by Crippen LogP contribution is 2.17. The van der Waals surface area contributed by atoms with Gasteiger partial charge in [0, 0.05) is 29.8 Å². The summed E-state index contributed by atoms with van der Waals surface area (Å²) < 4.78 is 0. The summed E-state index contributed by atoms with van der Waals surface area (Å²) in [6, 6.07) is 8.01. The van der Waals surface area contributed by atoms with E-state index in [1.54, 1.807) is 6.20 Å². The van der Waals surface area contributed by atoms with E-state index in [0.717, 1.165) is 18.4 Å². The largest absolute Gasteiger partial charge is 0.361 e. The van der Waals surface area contributed by atoms with E-state index in [1.807, 2.05) is 31.3 Å². The van der Waals surface area contributed by atoms with Crippen molar-refractivity contribution in [1.29, 1.82) is 0 Å². The van der Waals surface area contributed by atoms with Crippen LogP contribution in [0.1, 0.15) is 18.9 Å². The molecular formula is C15H19N3O. The van der Waals surface area contributed by atoms with Gasteiger partial charge in [-0.05, 0) is 24.5 Å². The highest BCUT2D eigenvalue weighted by molar-refractivity contribution is 5.83. The van der Waals surface area contributed by atoms with Gasteiger partial charge in [0.15, 0.2) is 0 Å². The fraction of sp³-hybridized carbons (Fsp3) is 0.267. The van der Waals surface area contributed by atoms with Crippen molar-refractivity contribution in [3.8, 4) is 0 Å². The summed E-state index contributed by atoms with van der Waals surface area (Å²) in [5, 5.41) is 6.71. The lowest BCUT2D eigenvalue weighted by atomic mass is 10.1. The normalized spacial score (nSPS) is 11.0. The maximum Gasteiger partial charge on any atom is 0.318 e. The highest BCUT2D eigenvalue weighted by atomic mass is 16.2. The second-order valence-corrected chi connectivity index (χ2v) is 4.32. The summed E-state index contributed by atoms with van der Waals surface area (Å²) in [7, 11) is 0. The predicted octanol–water partition coefficient (Wildman–Crippen LogP) is 2.93. The molecule has 2 amide bonds. The zero-order valence-corrected chi connectivity index (χ0v) is 11.1. The Balaban J connectivity index is 1.83. The van der Waals surface area contributed by atoms with Crippen LogP contribution in [0.4, 0.5) is 4.79 Å². The number of aromatic amines is 1. The molecule has 0 fully saturated rings. The molecule has 0 spiro atoms. The molecule has 4 nitrogen and oxygen atoms in total. The number of benzene rings is 1. The van der Waals surface area contributed by atoms with Crippen LogP contribution in [-0.4, -0.2) is 17.6 Å². The minimum Gasteiger partial charge on any atom is -0.361 e. The number of urea groups is 1. The smallest absolute Gasteiger partial charge is 0.318 e. The lowest BCUT2D eigenvalue weighted by Crippen LogP contribution is -2.33. The Bertz CT molecular complexity index is 572. The molecule has 2 aromatic rings. The topological polar surface area (TPSA) is 56.9 Å². The second kappa shape index (κ2) is 6.64. The molecule has 3 N–H and O–H groups in total. The molecule has 0 atom stereocenters. The molecule has 2 rings (SSSR count). The molecule has 0 aliphatic heterocycles. The Morgan fingerprint density at radius 1 is 1.37 bits per heavy atom. The number of hydrogen-bond donors (Lipinski definition) is 3. The van der Waals surface area contributed by atoms with Crippen LogP contribution in [0.25, 0.3) is 10.9 Å². The molecule has 0 aliphatic rings. The maximum absolute atomic E-state index is 11.4. The molecule has 0 aliphatic carbocycles. The van der Waals surface area contributed by atoms with E-state index in [-0.39, 0.29) is 6.03 Å². The minimum absolute atomic E-state index is 0.162. The van der Waals surface area contributed by atoms with Crippen molar-refractivity contribution >= 4 is 16.9 Å². The first-order valence-electron chi connectivity index (χ1n) is 6.55. The Kier molecular flexibility index (Phi) is 4.61. The van der Waals surface area contributed by atoms with Crippen molar-refractivity contribution in [1.82, 2.24) is 15.6 Å². The van der Waals surface area contributed by atoms with Crippen LogP contribution in [0.3, 0.4) is 0 Å². The van der Waals surface area contributed by atoms with Crippen molar-refractivity contribution in [2.75, 3.05) is 6.54 Å². The summed E-state index contributed by atoms with van der Waals surface area (Å²) in [5.74, 6) is 0. The average Bonchev–Trinajstić information content (AvgIpc) is 2.83. The van der Waals surface area contributed by atoms with Crippen molar-refractivity contribution in [2.24, 2.45) is 0 Å². The number of aromatic nitrogens is 1. The molecular weight excluding hydrogens is 238 g/mol. The number of carbonyl (C=O) groups is 1. The van der Waals surface area contributed by atoms with Gasteiger partial charge in [0.25, 0.3) is 0 Å². The standard InChI is InChI=1S/C15H19N3O/c1-2-3-9-16-15(19)17-10-8-12-11-18-14-7-5-4-6-13(12)14/h3-7,9,11,18H,2,8,10H2,1H3,(H2,16,17,19)/b9-3+. The van der Waals surface area contributed by atoms with Gasteiger partial charge in [0.05, 0.1) is 0 Å². The van der Waals surface area contributed by atoms with Crippen LogP contribution < -0.4 is 10.6 Å². The Hall–Kier alpha value is -2.23. The molecule has 1 aromatic heterocycles. The monoisotopic (exact) mass is 257 g/mol. The van der Waals surface area contributed by atoms with E-state index in [4.69, 9.17) is 0 Å². The summed E-state index contributed by atoms with van der Waals surface area (Å²) in [6.45, 7) is 2.64. The number of carbonyl (C=O) groups excluding carboxylic acids is 1. The number of fused-ring (bicyclic) bond motifs is 1. The Labute approximate surface area is 112 Å². The number of allylic oxidation sites excluding steroid dienone is 1. The molecule has 0 bridgehead atoms. The van der Waals surface area contributed by atoms with Crippen LogP contribution in [0.2, 0.25) is 0 Å². The van der Waals surface area contributed by atoms with E-state index in [0.29, 0.717) is 6.54 Å². The van der Waals surface area contributed by atoms with Crippen LogP contribution in [-0.2, 0) is 6.42 Å². The van der Waals surface area contributed by atoms with Gasteiger partial charge < -0.3 is 15.6 Å². The fourth-order valence-corrected chi connectivity index (χ4v) is 1.95. The number of amides is 2. The zero-order chi connectivity index (χ0) is 13.5. The van der Waals surface area contributed by atoms with Crippen molar-refractivity contribution in [2.45, 2.75) is 19.8 Å². The molecule has 0 saturated carbocycles. The van der Waals surface area contributed by atoms with E-state index in [9.17, 15) is 4.79 Å². The number of H-pyrrole nitrogens is 1. The van der Waals surface area contributed by atoms with Gasteiger partial charge >= 0.3 is 6.03 Å². The molecule has 0 radical (unpaired) electrons. The minimum atomic E-state index is -0.162. The van der Waals surface area contributed by atoms with E-state index in [2.05, 4.69) is 27.8 Å². The van der Waals surface area contributed by atoms with E-state index >= 15 is 0 Å². The van der Waals surface area contributed by atoms with Gasteiger partial charge in [0.1, 0.15) is 0 Å². The third-order valence-corrected chi connectivity index (χ3v) is 2.92. The van der Waals surface area contributed by atoms with Crippen molar-refractivity contribution in [3.63, 3.8) is 0 Å². The Morgan fingerprint density at radius 3 is 3.05 bits per heavy atom. The first-order valence-corrected chi connectivity index (χ1v) is 6.55. The maximum atomic E-state index is 11.4. The molecule has 4 heteroatoms. The van der Waals surface area contributed by atoms with Gasteiger partial charge in [-0.15, -0.1) is 0 Å². The van der Waals surface area contributed by atoms with E-state index < -0.39 is 0 Å². The Morgan fingerprint density at radius 2 is 2.21 bits per heavy atom. The number of rotatable bonds is 5. The third kappa shape index (κ3) is 3.61. The summed E-state index contributed by atoms with van der Waals surface area (Å²) in [6.07, 6.45) is 7.30. The fourth-order valence-electron chi connectivity index (χ4n) is 1.95. The third-order valence-electron chi connectivity index (χ3n) is 2.92. The summed E-state index contributed by atoms with van der Waals surface area (Å²) in [5.41, 5.74) is 2.35. The number of hydrogen-bond acceptors (Lipinski definition) is 1. The van der Waals surface area contributed by atoms with Crippen molar-refractivity contribution in [3.05, 3.63) is 48.3 Å². The lowest BCUT2D eigenvalue weighted by molar-refractivity contribution is 0.244. The first-order chi connectivity index (χ1) is 9.31. The molecule has 1 heterocycles. The molecule has 0 saturated heterocycles. The van der Waals surface area contributed by atoms with Crippen LogP contribution >= 0.6 is 0 Å². The van der Waals surface area contributed by atoms with Gasteiger partial charge in [0.2, 0.25) is 0 Å². The van der Waals surface area contributed by atoms with E-state index in [1.165, 1.54) is 10.9 Å². The lowest BCUT2D eigenvalue weighted by Gasteiger charge is -2.04. The molecule has 1 aromatic carbocycles. The second-order valence-electron chi connectivity index (χ2n) is 4.32.